The van der Waals surface area contributed by atoms with Gasteiger partial charge in [0.15, 0.2) is 0 Å². The molecule has 1 saturated carbocycles. The molecule has 1 heterocycles. The van der Waals surface area contributed by atoms with Crippen LogP contribution in [0.25, 0.3) is 0 Å². The highest BCUT2D eigenvalue weighted by Gasteiger charge is 2.43. The summed E-state index contributed by atoms with van der Waals surface area (Å²) in [4.78, 5) is 11.2. The van der Waals surface area contributed by atoms with Crippen molar-refractivity contribution in [2.45, 2.75) is 25.3 Å². The minimum atomic E-state index is -0.0364. The lowest BCUT2D eigenvalue weighted by Gasteiger charge is -2.45. The standard InChI is InChI=1S/C9H15NO2/c1-12-9(11)7-5-10-8(7)6-3-2-4-6/h6-8,10H,2-5H2,1H3. The van der Waals surface area contributed by atoms with Crippen LogP contribution >= 0.6 is 0 Å². The van der Waals surface area contributed by atoms with Crippen molar-refractivity contribution in [3.63, 3.8) is 0 Å². The number of esters is 1. The summed E-state index contributed by atoms with van der Waals surface area (Å²) < 4.78 is 4.72. The monoisotopic (exact) mass is 169 g/mol. The van der Waals surface area contributed by atoms with Crippen LogP contribution in [-0.2, 0) is 9.53 Å². The predicted molar refractivity (Wildman–Crippen MR) is 44.6 cm³/mol. The zero-order valence-electron chi connectivity index (χ0n) is 7.38. The second-order valence-corrected chi connectivity index (χ2v) is 3.75. The highest BCUT2D eigenvalue weighted by atomic mass is 16.5. The topological polar surface area (TPSA) is 38.3 Å². The lowest BCUT2D eigenvalue weighted by Crippen LogP contribution is -2.61. The predicted octanol–water partition coefficient (Wildman–Crippen LogP) is 0.547. The van der Waals surface area contributed by atoms with Crippen LogP contribution in [0, 0.1) is 11.8 Å². The fourth-order valence-electron chi connectivity index (χ4n) is 2.05. The molecule has 1 aliphatic heterocycles. The van der Waals surface area contributed by atoms with E-state index >= 15 is 0 Å². The molecule has 0 spiro atoms. The largest absolute Gasteiger partial charge is 0.469 e. The molecule has 2 atom stereocenters. The van der Waals surface area contributed by atoms with Gasteiger partial charge in [0.1, 0.15) is 0 Å². The third kappa shape index (κ3) is 1.12. The summed E-state index contributed by atoms with van der Waals surface area (Å²) >= 11 is 0. The molecule has 3 nitrogen and oxygen atoms in total. The second-order valence-electron chi connectivity index (χ2n) is 3.75. The average molecular weight is 169 g/mol. The number of ether oxygens (including phenoxy) is 1. The fraction of sp³-hybridized carbons (Fsp3) is 0.889. The van der Waals surface area contributed by atoms with Crippen molar-refractivity contribution in [1.82, 2.24) is 5.32 Å². The van der Waals surface area contributed by atoms with Gasteiger partial charge in [-0.1, -0.05) is 6.42 Å². The Balaban J connectivity index is 1.87. The van der Waals surface area contributed by atoms with Gasteiger partial charge in [-0.25, -0.2) is 0 Å². The summed E-state index contributed by atoms with van der Waals surface area (Å²) in [5.74, 6) is 0.841. The van der Waals surface area contributed by atoms with Crippen molar-refractivity contribution in [3.05, 3.63) is 0 Å². The highest BCUT2D eigenvalue weighted by Crippen LogP contribution is 2.36. The van der Waals surface area contributed by atoms with Crippen molar-refractivity contribution in [2.75, 3.05) is 13.7 Å². The molecule has 0 aromatic carbocycles. The van der Waals surface area contributed by atoms with Gasteiger partial charge in [-0.15, -0.1) is 0 Å². The lowest BCUT2D eigenvalue weighted by atomic mass is 9.71. The molecule has 0 radical (unpaired) electrons. The van der Waals surface area contributed by atoms with E-state index in [4.69, 9.17) is 4.74 Å². The summed E-state index contributed by atoms with van der Waals surface area (Å²) in [6.45, 7) is 0.813. The Morgan fingerprint density at radius 1 is 1.50 bits per heavy atom. The highest BCUT2D eigenvalue weighted by molar-refractivity contribution is 5.74. The summed E-state index contributed by atoms with van der Waals surface area (Å²) in [5, 5.41) is 3.31. The molecule has 0 bridgehead atoms. The van der Waals surface area contributed by atoms with Gasteiger partial charge in [-0.3, -0.25) is 4.79 Å². The van der Waals surface area contributed by atoms with E-state index in [2.05, 4.69) is 5.32 Å². The van der Waals surface area contributed by atoms with Gasteiger partial charge in [0.25, 0.3) is 0 Å². The van der Waals surface area contributed by atoms with Crippen LogP contribution in [0.3, 0.4) is 0 Å². The molecule has 0 amide bonds. The number of carbonyl (C=O) groups excluding carboxylic acids is 1. The minimum Gasteiger partial charge on any atom is -0.469 e. The zero-order chi connectivity index (χ0) is 8.55. The lowest BCUT2D eigenvalue weighted by molar-refractivity contribution is -0.150. The smallest absolute Gasteiger partial charge is 0.311 e. The maximum atomic E-state index is 11.2. The molecule has 2 unspecified atom stereocenters. The van der Waals surface area contributed by atoms with E-state index in [0.29, 0.717) is 6.04 Å². The third-order valence-electron chi connectivity index (χ3n) is 3.17. The first-order chi connectivity index (χ1) is 5.83. The summed E-state index contributed by atoms with van der Waals surface area (Å²) in [6, 6.07) is 0.422. The Kier molecular flexibility index (Phi) is 2.05. The number of carbonyl (C=O) groups is 1. The van der Waals surface area contributed by atoms with Gasteiger partial charge < -0.3 is 10.1 Å². The molecule has 0 aromatic rings. The molecule has 2 rings (SSSR count). The van der Waals surface area contributed by atoms with E-state index in [9.17, 15) is 4.79 Å². The summed E-state index contributed by atoms with van der Waals surface area (Å²) in [5.41, 5.74) is 0. The van der Waals surface area contributed by atoms with Crippen LogP contribution in [0.5, 0.6) is 0 Å². The molecule has 2 fully saturated rings. The van der Waals surface area contributed by atoms with Gasteiger partial charge in [-0.05, 0) is 18.8 Å². The molecular formula is C9H15NO2. The first-order valence-corrected chi connectivity index (χ1v) is 4.64. The third-order valence-corrected chi connectivity index (χ3v) is 3.17. The van der Waals surface area contributed by atoms with Crippen LogP contribution < -0.4 is 5.32 Å². The van der Waals surface area contributed by atoms with Gasteiger partial charge in [0.05, 0.1) is 13.0 Å². The van der Waals surface area contributed by atoms with E-state index in [-0.39, 0.29) is 11.9 Å². The fourth-order valence-corrected chi connectivity index (χ4v) is 2.05. The SMILES string of the molecule is COC(=O)C1CNC1C1CCC1. The van der Waals surface area contributed by atoms with Crippen LogP contribution in [0.15, 0.2) is 0 Å². The molecule has 2 aliphatic rings. The first kappa shape index (κ1) is 8.05. The van der Waals surface area contributed by atoms with E-state index in [1.165, 1.54) is 26.4 Å². The van der Waals surface area contributed by atoms with Crippen molar-refractivity contribution < 1.29 is 9.53 Å². The molecule has 12 heavy (non-hydrogen) atoms. The number of rotatable bonds is 2. The van der Waals surface area contributed by atoms with Gasteiger partial charge >= 0.3 is 5.97 Å². The summed E-state index contributed by atoms with van der Waals surface area (Å²) in [6.07, 6.45) is 3.90. The molecule has 0 aromatic heterocycles. The quantitative estimate of drug-likeness (QED) is 0.613. The van der Waals surface area contributed by atoms with Gasteiger partial charge in [0.2, 0.25) is 0 Å². The second kappa shape index (κ2) is 3.05. The number of methoxy groups -OCH3 is 1. The number of nitrogens with one attached hydrogen (secondary N) is 1. The maximum Gasteiger partial charge on any atom is 0.311 e. The van der Waals surface area contributed by atoms with Crippen molar-refractivity contribution in [1.29, 1.82) is 0 Å². The van der Waals surface area contributed by atoms with Crippen LogP contribution in [0.1, 0.15) is 19.3 Å². The van der Waals surface area contributed by atoms with Gasteiger partial charge in [0, 0.05) is 12.6 Å². The minimum absolute atomic E-state index is 0.0364. The Bertz CT molecular complexity index is 189. The zero-order valence-corrected chi connectivity index (χ0v) is 7.38. The normalized spacial score (nSPS) is 35.1. The van der Waals surface area contributed by atoms with Crippen LogP contribution in [0.4, 0.5) is 0 Å². The molecule has 3 heteroatoms. The van der Waals surface area contributed by atoms with Gasteiger partial charge in [-0.2, -0.15) is 0 Å². The first-order valence-electron chi connectivity index (χ1n) is 4.64. The van der Waals surface area contributed by atoms with E-state index in [0.717, 1.165) is 12.5 Å². The molecule has 1 N–H and O–H groups in total. The van der Waals surface area contributed by atoms with Crippen molar-refractivity contribution >= 4 is 5.97 Å². The van der Waals surface area contributed by atoms with Crippen molar-refractivity contribution in [3.8, 4) is 0 Å². The Labute approximate surface area is 72.5 Å². The van der Waals surface area contributed by atoms with E-state index in [1.54, 1.807) is 0 Å². The summed E-state index contributed by atoms with van der Waals surface area (Å²) in [7, 11) is 1.47. The van der Waals surface area contributed by atoms with Crippen molar-refractivity contribution in [2.24, 2.45) is 11.8 Å². The Hall–Kier alpha value is -0.570. The van der Waals surface area contributed by atoms with E-state index in [1.807, 2.05) is 0 Å². The molecule has 1 saturated heterocycles. The van der Waals surface area contributed by atoms with E-state index < -0.39 is 0 Å². The maximum absolute atomic E-state index is 11.2. The van der Waals surface area contributed by atoms with Crippen LogP contribution in [-0.4, -0.2) is 25.7 Å². The van der Waals surface area contributed by atoms with Crippen LogP contribution in [0.2, 0.25) is 0 Å². The molecule has 1 aliphatic carbocycles. The Morgan fingerprint density at radius 3 is 2.58 bits per heavy atom. The molecular weight excluding hydrogens is 154 g/mol. The molecule has 68 valence electrons. The number of hydrogen-bond donors (Lipinski definition) is 1. The number of hydrogen-bond acceptors (Lipinski definition) is 3. The Morgan fingerprint density at radius 2 is 2.25 bits per heavy atom. The average Bonchev–Trinajstić information content (AvgIpc) is 1.93.